The molecule has 0 bridgehead atoms. The first-order valence-corrected chi connectivity index (χ1v) is 7.92. The first-order valence-electron chi connectivity index (χ1n) is 7.11. The highest BCUT2D eigenvalue weighted by Gasteiger charge is 2.13. The van der Waals surface area contributed by atoms with Gasteiger partial charge in [0.1, 0.15) is 11.6 Å². The number of amides is 1. The molecule has 9 nitrogen and oxygen atoms in total. The fourth-order valence-corrected chi connectivity index (χ4v) is 2.77. The average Bonchev–Trinajstić information content (AvgIpc) is 3.32. The van der Waals surface area contributed by atoms with Crippen LogP contribution in [0.2, 0.25) is 0 Å². The predicted octanol–water partition coefficient (Wildman–Crippen LogP) is 3.25. The number of anilines is 1. The van der Waals surface area contributed by atoms with Crippen molar-refractivity contribution < 1.29 is 14.1 Å². The third kappa shape index (κ3) is 3.80. The van der Waals surface area contributed by atoms with Gasteiger partial charge in [0.2, 0.25) is 12.3 Å². The van der Waals surface area contributed by atoms with Crippen LogP contribution in [-0.4, -0.2) is 21.0 Å². The Morgan fingerprint density at radius 2 is 2.08 bits per heavy atom. The van der Waals surface area contributed by atoms with Crippen molar-refractivity contribution in [3.63, 3.8) is 0 Å². The SMILES string of the molecule is N#C/C(=C\c1ccc([N+](=O)[O-])s1)C(=O)Nc1ccc(-c2nnco2)cc1. The molecule has 26 heavy (non-hydrogen) atoms. The summed E-state index contributed by atoms with van der Waals surface area (Å²) in [5, 5.41) is 29.8. The lowest BCUT2D eigenvalue weighted by molar-refractivity contribution is -0.380. The minimum atomic E-state index is -0.617. The smallest absolute Gasteiger partial charge is 0.324 e. The highest BCUT2D eigenvalue weighted by Crippen LogP contribution is 2.26. The molecule has 0 aliphatic rings. The number of carbonyl (C=O) groups excluding carboxylic acids is 1. The van der Waals surface area contributed by atoms with E-state index in [0.29, 0.717) is 22.0 Å². The number of nitro groups is 1. The van der Waals surface area contributed by atoms with Gasteiger partial charge in [-0.15, -0.1) is 10.2 Å². The molecule has 2 aromatic heterocycles. The zero-order valence-corrected chi connectivity index (χ0v) is 13.8. The van der Waals surface area contributed by atoms with Gasteiger partial charge in [-0.2, -0.15) is 5.26 Å². The highest BCUT2D eigenvalue weighted by atomic mass is 32.1. The number of hydrogen-bond acceptors (Lipinski definition) is 8. The quantitative estimate of drug-likeness (QED) is 0.316. The average molecular weight is 367 g/mol. The Morgan fingerprint density at radius 3 is 2.65 bits per heavy atom. The Bertz CT molecular complexity index is 1020. The zero-order chi connectivity index (χ0) is 18.5. The van der Waals surface area contributed by atoms with Gasteiger partial charge in [0.05, 0.1) is 4.92 Å². The lowest BCUT2D eigenvalue weighted by Crippen LogP contribution is -2.13. The van der Waals surface area contributed by atoms with Crippen molar-refractivity contribution >= 4 is 34.0 Å². The van der Waals surface area contributed by atoms with Gasteiger partial charge in [-0.1, -0.05) is 11.3 Å². The van der Waals surface area contributed by atoms with Crippen LogP contribution in [-0.2, 0) is 4.79 Å². The van der Waals surface area contributed by atoms with Crippen LogP contribution >= 0.6 is 11.3 Å². The van der Waals surface area contributed by atoms with Gasteiger partial charge in [0.25, 0.3) is 5.91 Å². The van der Waals surface area contributed by atoms with Gasteiger partial charge in [-0.3, -0.25) is 14.9 Å². The van der Waals surface area contributed by atoms with Crippen LogP contribution in [0.1, 0.15) is 4.88 Å². The summed E-state index contributed by atoms with van der Waals surface area (Å²) in [6.45, 7) is 0. The van der Waals surface area contributed by atoms with Crippen LogP contribution in [0.15, 0.2) is 52.8 Å². The minimum Gasteiger partial charge on any atom is -0.423 e. The molecule has 0 unspecified atom stereocenters. The molecule has 0 atom stereocenters. The number of carbonyl (C=O) groups is 1. The molecule has 0 spiro atoms. The Morgan fingerprint density at radius 1 is 1.31 bits per heavy atom. The van der Waals surface area contributed by atoms with Crippen molar-refractivity contribution in [3.8, 4) is 17.5 Å². The molecule has 0 radical (unpaired) electrons. The maximum Gasteiger partial charge on any atom is 0.324 e. The van der Waals surface area contributed by atoms with Gasteiger partial charge < -0.3 is 9.73 Å². The molecule has 1 aromatic carbocycles. The van der Waals surface area contributed by atoms with Crippen LogP contribution in [0.5, 0.6) is 0 Å². The van der Waals surface area contributed by atoms with E-state index in [1.54, 1.807) is 30.3 Å². The number of aromatic nitrogens is 2. The molecular formula is C16H9N5O4S. The van der Waals surface area contributed by atoms with Crippen LogP contribution in [0.25, 0.3) is 17.5 Å². The van der Waals surface area contributed by atoms with Crippen LogP contribution in [0.4, 0.5) is 10.7 Å². The second-order valence-corrected chi connectivity index (χ2v) is 5.97. The van der Waals surface area contributed by atoms with E-state index in [0.717, 1.165) is 11.3 Å². The number of benzene rings is 1. The largest absolute Gasteiger partial charge is 0.423 e. The minimum absolute atomic E-state index is 0.0643. The first-order chi connectivity index (χ1) is 12.6. The Balaban J connectivity index is 1.73. The van der Waals surface area contributed by atoms with E-state index in [4.69, 9.17) is 4.42 Å². The van der Waals surface area contributed by atoms with Crippen molar-refractivity contribution in [2.24, 2.45) is 0 Å². The molecule has 128 valence electrons. The van der Waals surface area contributed by atoms with E-state index >= 15 is 0 Å². The summed E-state index contributed by atoms with van der Waals surface area (Å²) in [6, 6.07) is 11.2. The van der Waals surface area contributed by atoms with E-state index < -0.39 is 10.8 Å². The fraction of sp³-hybridized carbons (Fsp3) is 0. The fourth-order valence-electron chi connectivity index (χ4n) is 2.00. The summed E-state index contributed by atoms with van der Waals surface area (Å²) >= 11 is 0.879. The summed E-state index contributed by atoms with van der Waals surface area (Å²) < 4.78 is 5.07. The first kappa shape index (κ1) is 17.0. The van der Waals surface area contributed by atoms with Crippen molar-refractivity contribution in [1.82, 2.24) is 10.2 Å². The summed E-state index contributed by atoms with van der Waals surface area (Å²) in [5.41, 5.74) is 0.988. The molecule has 0 fully saturated rings. The van der Waals surface area contributed by atoms with Gasteiger partial charge >= 0.3 is 5.00 Å². The second-order valence-electron chi connectivity index (χ2n) is 4.88. The van der Waals surface area contributed by atoms with E-state index in [-0.39, 0.29) is 10.6 Å². The molecule has 2 heterocycles. The van der Waals surface area contributed by atoms with Gasteiger partial charge in [-0.25, -0.2) is 0 Å². The summed E-state index contributed by atoms with van der Waals surface area (Å²) in [4.78, 5) is 22.8. The number of rotatable bonds is 5. The molecule has 0 saturated carbocycles. The molecule has 0 aliphatic carbocycles. The Labute approximate surface area is 150 Å². The maximum absolute atomic E-state index is 12.2. The van der Waals surface area contributed by atoms with E-state index in [1.165, 1.54) is 24.6 Å². The van der Waals surface area contributed by atoms with Crippen molar-refractivity contribution in [1.29, 1.82) is 5.26 Å². The Hall–Kier alpha value is -3.84. The number of nitrogens with one attached hydrogen (secondary N) is 1. The van der Waals surface area contributed by atoms with Crippen molar-refractivity contribution in [3.05, 3.63) is 63.4 Å². The predicted molar refractivity (Wildman–Crippen MR) is 92.9 cm³/mol. The van der Waals surface area contributed by atoms with E-state index in [1.807, 2.05) is 0 Å². The normalized spacial score (nSPS) is 11.0. The molecular weight excluding hydrogens is 358 g/mol. The van der Waals surface area contributed by atoms with E-state index in [9.17, 15) is 20.2 Å². The molecule has 3 aromatic rings. The molecule has 0 saturated heterocycles. The van der Waals surface area contributed by atoms with Crippen molar-refractivity contribution in [2.45, 2.75) is 0 Å². The molecule has 10 heteroatoms. The molecule has 0 aliphatic heterocycles. The molecule has 1 N–H and O–H groups in total. The van der Waals surface area contributed by atoms with E-state index in [2.05, 4.69) is 15.5 Å². The topological polar surface area (TPSA) is 135 Å². The second kappa shape index (κ2) is 7.37. The number of nitriles is 1. The third-order valence-corrected chi connectivity index (χ3v) is 4.18. The highest BCUT2D eigenvalue weighted by molar-refractivity contribution is 7.16. The maximum atomic E-state index is 12.2. The number of hydrogen-bond donors (Lipinski definition) is 1. The number of thiophene rings is 1. The molecule has 1 amide bonds. The van der Waals surface area contributed by atoms with Gasteiger partial charge in [0.15, 0.2) is 0 Å². The van der Waals surface area contributed by atoms with Gasteiger partial charge in [-0.05, 0) is 36.4 Å². The van der Waals surface area contributed by atoms with Crippen LogP contribution < -0.4 is 5.32 Å². The molecule has 3 rings (SSSR count). The zero-order valence-electron chi connectivity index (χ0n) is 12.9. The van der Waals surface area contributed by atoms with Gasteiger partial charge in [0, 0.05) is 22.2 Å². The standard InChI is InChI=1S/C16H9N5O4S/c17-8-11(7-13-5-6-14(26-13)21(23)24)15(22)19-12-3-1-10(2-4-12)16-20-18-9-25-16/h1-7,9H,(H,19,22)/b11-7+. The monoisotopic (exact) mass is 367 g/mol. The third-order valence-electron chi connectivity index (χ3n) is 3.19. The summed E-state index contributed by atoms with van der Waals surface area (Å²) in [5.74, 6) is -0.270. The lowest BCUT2D eigenvalue weighted by atomic mass is 10.2. The van der Waals surface area contributed by atoms with Crippen LogP contribution in [0, 0.1) is 21.4 Å². The summed E-state index contributed by atoms with van der Waals surface area (Å²) in [7, 11) is 0. The Kier molecular flexibility index (Phi) is 4.82. The number of nitrogens with zero attached hydrogens (tertiary/aromatic N) is 4. The lowest BCUT2D eigenvalue weighted by Gasteiger charge is -2.04. The van der Waals surface area contributed by atoms with Crippen LogP contribution in [0.3, 0.4) is 0 Å². The van der Waals surface area contributed by atoms with Crippen molar-refractivity contribution in [2.75, 3.05) is 5.32 Å². The summed E-state index contributed by atoms with van der Waals surface area (Å²) in [6.07, 6.45) is 2.52.